The van der Waals surface area contributed by atoms with E-state index in [-0.39, 0.29) is 11.9 Å². The minimum Gasteiger partial charge on any atom is -0.328 e. The molecule has 3 heteroatoms. The van der Waals surface area contributed by atoms with Gasteiger partial charge in [0.2, 0.25) is 0 Å². The lowest BCUT2D eigenvalue weighted by Gasteiger charge is -2.06. The Kier molecular flexibility index (Phi) is 3.23. The summed E-state index contributed by atoms with van der Waals surface area (Å²) in [5.41, 5.74) is 6.23. The van der Waals surface area contributed by atoms with Crippen LogP contribution in [0.5, 0.6) is 0 Å². The molecule has 2 N–H and O–H groups in total. The Morgan fingerprint density at radius 1 is 1.58 bits per heavy atom. The van der Waals surface area contributed by atoms with Crippen molar-refractivity contribution < 1.29 is 4.39 Å². The summed E-state index contributed by atoms with van der Waals surface area (Å²) < 4.78 is 13.8. The van der Waals surface area contributed by atoms with E-state index in [2.05, 4.69) is 15.9 Å². The van der Waals surface area contributed by atoms with Crippen LogP contribution in [0.25, 0.3) is 0 Å². The molecule has 0 radical (unpaired) electrons. The second-order valence-electron chi connectivity index (χ2n) is 2.89. The highest BCUT2D eigenvalue weighted by molar-refractivity contribution is 9.10. The van der Waals surface area contributed by atoms with E-state index in [1.54, 1.807) is 12.1 Å². The number of hydrogen-bond acceptors (Lipinski definition) is 1. The molecule has 1 unspecified atom stereocenters. The summed E-state index contributed by atoms with van der Waals surface area (Å²) in [5, 5.41) is 0. The Balaban J connectivity index is 2.92. The molecule has 0 aromatic heterocycles. The van der Waals surface area contributed by atoms with Crippen molar-refractivity contribution >= 4 is 15.9 Å². The average molecular weight is 232 g/mol. The minimum atomic E-state index is -0.199. The van der Waals surface area contributed by atoms with Crippen LogP contribution in [-0.2, 0) is 6.42 Å². The minimum absolute atomic E-state index is 0.00574. The van der Waals surface area contributed by atoms with E-state index in [0.29, 0.717) is 16.5 Å². The van der Waals surface area contributed by atoms with Gasteiger partial charge >= 0.3 is 0 Å². The van der Waals surface area contributed by atoms with E-state index in [1.807, 2.05) is 13.0 Å². The first-order valence-corrected chi connectivity index (χ1v) is 4.59. The molecule has 1 aromatic carbocycles. The van der Waals surface area contributed by atoms with Gasteiger partial charge in [-0.15, -0.1) is 0 Å². The predicted molar refractivity (Wildman–Crippen MR) is 51.5 cm³/mol. The Labute approximate surface area is 79.9 Å². The third-order valence-electron chi connectivity index (χ3n) is 1.57. The summed E-state index contributed by atoms with van der Waals surface area (Å²) in [6.45, 7) is 1.86. The van der Waals surface area contributed by atoms with Gasteiger partial charge < -0.3 is 5.73 Å². The van der Waals surface area contributed by atoms with Crippen LogP contribution in [-0.4, -0.2) is 6.04 Å². The molecule has 66 valence electrons. The van der Waals surface area contributed by atoms with E-state index in [1.165, 1.54) is 0 Å². The lowest BCUT2D eigenvalue weighted by atomic mass is 10.1. The monoisotopic (exact) mass is 231 g/mol. The van der Waals surface area contributed by atoms with E-state index in [4.69, 9.17) is 5.73 Å². The number of rotatable bonds is 2. The van der Waals surface area contributed by atoms with Gasteiger partial charge in [0.25, 0.3) is 0 Å². The summed E-state index contributed by atoms with van der Waals surface area (Å²) in [7, 11) is 0. The van der Waals surface area contributed by atoms with Crippen LogP contribution < -0.4 is 5.73 Å². The fourth-order valence-electron chi connectivity index (χ4n) is 1.05. The molecule has 0 amide bonds. The zero-order valence-corrected chi connectivity index (χ0v) is 8.44. The van der Waals surface area contributed by atoms with Crippen molar-refractivity contribution in [1.29, 1.82) is 0 Å². The van der Waals surface area contributed by atoms with Crippen molar-refractivity contribution in [2.45, 2.75) is 19.4 Å². The van der Waals surface area contributed by atoms with Crippen molar-refractivity contribution in [2.24, 2.45) is 5.73 Å². The molecule has 0 saturated carbocycles. The molecule has 1 nitrogen and oxygen atoms in total. The first-order valence-electron chi connectivity index (χ1n) is 3.79. The van der Waals surface area contributed by atoms with Gasteiger partial charge in [0.05, 0.1) is 4.47 Å². The molecular weight excluding hydrogens is 221 g/mol. The van der Waals surface area contributed by atoms with Crippen molar-refractivity contribution in [1.82, 2.24) is 0 Å². The predicted octanol–water partition coefficient (Wildman–Crippen LogP) is 2.48. The average Bonchev–Trinajstić information content (AvgIpc) is 1.98. The summed E-state index contributed by atoms with van der Waals surface area (Å²) in [5.74, 6) is -0.199. The molecular formula is C9H11BrFN. The van der Waals surface area contributed by atoms with Crippen molar-refractivity contribution in [3.63, 3.8) is 0 Å². The van der Waals surface area contributed by atoms with Crippen LogP contribution in [0.4, 0.5) is 4.39 Å². The molecule has 12 heavy (non-hydrogen) atoms. The SMILES string of the molecule is CC(N)Cc1cccc(Br)c1F. The number of benzene rings is 1. The van der Waals surface area contributed by atoms with Gasteiger partial charge in [-0.3, -0.25) is 0 Å². The molecule has 0 bridgehead atoms. The van der Waals surface area contributed by atoms with E-state index < -0.39 is 0 Å². The summed E-state index contributed by atoms with van der Waals surface area (Å²) >= 11 is 3.12. The van der Waals surface area contributed by atoms with Crippen molar-refractivity contribution in [2.75, 3.05) is 0 Å². The van der Waals surface area contributed by atoms with Crippen LogP contribution in [0.2, 0.25) is 0 Å². The zero-order chi connectivity index (χ0) is 9.14. The maximum Gasteiger partial charge on any atom is 0.140 e. The molecule has 0 aliphatic rings. The molecule has 0 saturated heterocycles. The number of nitrogens with two attached hydrogens (primary N) is 1. The third kappa shape index (κ3) is 2.29. The molecule has 1 aromatic rings. The van der Waals surface area contributed by atoms with Crippen LogP contribution in [0.3, 0.4) is 0 Å². The van der Waals surface area contributed by atoms with Gasteiger partial charge in [-0.25, -0.2) is 4.39 Å². The first-order chi connectivity index (χ1) is 5.61. The maximum absolute atomic E-state index is 13.3. The number of hydrogen-bond donors (Lipinski definition) is 1. The Morgan fingerprint density at radius 3 is 2.83 bits per heavy atom. The van der Waals surface area contributed by atoms with Crippen LogP contribution in [0, 0.1) is 5.82 Å². The van der Waals surface area contributed by atoms with Crippen LogP contribution in [0.1, 0.15) is 12.5 Å². The molecule has 0 heterocycles. The first kappa shape index (κ1) is 9.68. The highest BCUT2D eigenvalue weighted by Gasteiger charge is 2.06. The summed E-state index contributed by atoms with van der Waals surface area (Å²) in [6.07, 6.45) is 0.575. The maximum atomic E-state index is 13.3. The molecule has 0 spiro atoms. The van der Waals surface area contributed by atoms with Gasteiger partial charge in [-0.05, 0) is 40.9 Å². The summed E-state index contributed by atoms with van der Waals surface area (Å²) in [4.78, 5) is 0. The lowest BCUT2D eigenvalue weighted by Crippen LogP contribution is -2.18. The van der Waals surface area contributed by atoms with Crippen LogP contribution >= 0.6 is 15.9 Å². The lowest BCUT2D eigenvalue weighted by molar-refractivity contribution is 0.590. The zero-order valence-electron chi connectivity index (χ0n) is 6.85. The van der Waals surface area contributed by atoms with E-state index in [9.17, 15) is 4.39 Å². The second-order valence-corrected chi connectivity index (χ2v) is 3.75. The fraction of sp³-hybridized carbons (Fsp3) is 0.333. The van der Waals surface area contributed by atoms with Gasteiger partial charge in [0.15, 0.2) is 0 Å². The quantitative estimate of drug-likeness (QED) is 0.832. The fourth-order valence-corrected chi connectivity index (χ4v) is 1.46. The smallest absolute Gasteiger partial charge is 0.140 e. The largest absolute Gasteiger partial charge is 0.328 e. The second kappa shape index (κ2) is 4.01. The van der Waals surface area contributed by atoms with Crippen molar-refractivity contribution in [3.05, 3.63) is 34.1 Å². The Bertz CT molecular complexity index is 273. The molecule has 1 rings (SSSR count). The Morgan fingerprint density at radius 2 is 2.25 bits per heavy atom. The van der Waals surface area contributed by atoms with Gasteiger partial charge in [-0.1, -0.05) is 12.1 Å². The van der Waals surface area contributed by atoms with Crippen LogP contribution in [0.15, 0.2) is 22.7 Å². The summed E-state index contributed by atoms with van der Waals surface area (Å²) in [6, 6.07) is 5.24. The standard InChI is InChI=1S/C9H11BrFN/c1-6(12)5-7-3-2-4-8(10)9(7)11/h2-4,6H,5,12H2,1H3. The van der Waals surface area contributed by atoms with Gasteiger partial charge in [0, 0.05) is 6.04 Å². The third-order valence-corrected chi connectivity index (χ3v) is 2.19. The topological polar surface area (TPSA) is 26.0 Å². The highest BCUT2D eigenvalue weighted by Crippen LogP contribution is 2.19. The molecule has 0 fully saturated rings. The highest BCUT2D eigenvalue weighted by atomic mass is 79.9. The molecule has 0 aliphatic heterocycles. The number of halogens is 2. The van der Waals surface area contributed by atoms with Gasteiger partial charge in [-0.2, -0.15) is 0 Å². The van der Waals surface area contributed by atoms with E-state index >= 15 is 0 Å². The van der Waals surface area contributed by atoms with E-state index in [0.717, 1.165) is 0 Å². The normalized spacial score (nSPS) is 13.0. The van der Waals surface area contributed by atoms with Crippen molar-refractivity contribution in [3.8, 4) is 0 Å². The van der Waals surface area contributed by atoms with Gasteiger partial charge in [0.1, 0.15) is 5.82 Å². The Hall–Kier alpha value is -0.410. The molecule has 1 atom stereocenters. The molecule has 0 aliphatic carbocycles.